The zero-order valence-electron chi connectivity index (χ0n) is 16.1. The number of nitrogens with zero attached hydrogens (tertiary/aromatic N) is 4. The molecule has 0 saturated carbocycles. The third-order valence-electron chi connectivity index (χ3n) is 4.52. The molecule has 2 heterocycles. The van der Waals surface area contributed by atoms with Crippen LogP contribution in [0.15, 0.2) is 30.5 Å². The molecule has 1 aliphatic rings. The molecule has 1 aromatic heterocycles. The van der Waals surface area contributed by atoms with Crippen molar-refractivity contribution in [3.63, 3.8) is 0 Å². The smallest absolute Gasteiger partial charge is 0.237 e. The van der Waals surface area contributed by atoms with E-state index in [0.717, 1.165) is 37.1 Å². The van der Waals surface area contributed by atoms with Gasteiger partial charge in [-0.15, -0.1) is 0 Å². The lowest BCUT2D eigenvalue weighted by Crippen LogP contribution is -2.31. The summed E-state index contributed by atoms with van der Waals surface area (Å²) >= 11 is 0. The summed E-state index contributed by atoms with van der Waals surface area (Å²) in [5.74, 6) is 1.13. The number of piperidine rings is 1. The molecular formula is C19H27N5O2S. The molecule has 0 unspecified atom stereocenters. The van der Waals surface area contributed by atoms with Crippen LogP contribution in [0, 0.1) is 6.92 Å². The highest BCUT2D eigenvalue weighted by Crippen LogP contribution is 2.26. The van der Waals surface area contributed by atoms with Crippen molar-refractivity contribution >= 4 is 27.5 Å². The second kappa shape index (κ2) is 8.12. The Labute approximate surface area is 161 Å². The van der Waals surface area contributed by atoms with Crippen LogP contribution < -0.4 is 14.5 Å². The van der Waals surface area contributed by atoms with Crippen LogP contribution in [0.4, 0.5) is 17.5 Å². The van der Waals surface area contributed by atoms with Crippen LogP contribution in [-0.4, -0.2) is 45.6 Å². The van der Waals surface area contributed by atoms with Crippen molar-refractivity contribution in [1.82, 2.24) is 9.97 Å². The van der Waals surface area contributed by atoms with Gasteiger partial charge in [-0.2, -0.15) is 4.98 Å². The number of benzene rings is 1. The molecule has 1 fully saturated rings. The molecule has 1 aliphatic heterocycles. The van der Waals surface area contributed by atoms with E-state index >= 15 is 0 Å². The molecule has 0 radical (unpaired) electrons. The Kier molecular flexibility index (Phi) is 5.84. The summed E-state index contributed by atoms with van der Waals surface area (Å²) in [5.41, 5.74) is 2.18. The average molecular weight is 390 g/mol. The highest BCUT2D eigenvalue weighted by Gasteiger charge is 2.20. The lowest BCUT2D eigenvalue weighted by molar-refractivity contribution is 0.568. The Morgan fingerprint density at radius 2 is 1.93 bits per heavy atom. The van der Waals surface area contributed by atoms with Crippen LogP contribution in [0.5, 0.6) is 0 Å². The minimum Gasteiger partial charge on any atom is -0.361 e. The highest BCUT2D eigenvalue weighted by atomic mass is 32.2. The monoisotopic (exact) mass is 389 g/mol. The Morgan fingerprint density at radius 1 is 1.19 bits per heavy atom. The Balaban J connectivity index is 1.82. The zero-order valence-corrected chi connectivity index (χ0v) is 17.0. The van der Waals surface area contributed by atoms with Gasteiger partial charge in [0.15, 0.2) is 5.82 Å². The van der Waals surface area contributed by atoms with Gasteiger partial charge in [0.1, 0.15) is 5.69 Å². The van der Waals surface area contributed by atoms with Gasteiger partial charge in [-0.3, -0.25) is 4.72 Å². The van der Waals surface area contributed by atoms with Gasteiger partial charge in [0, 0.05) is 27.2 Å². The molecular weight excluding hydrogens is 362 g/mol. The fraction of sp³-hybridized carbons (Fsp3) is 0.474. The standard InChI is InChI=1S/C19H27N5O2S/c1-15-8-7-9-16(12-15)14-27(25,26)22-17-13-20-19(21-18(17)23(2)3)24-10-5-4-6-11-24/h7-9,12-13,22H,4-6,10-11,14H2,1-3H3. The number of aryl methyl sites for hydroxylation is 1. The highest BCUT2D eigenvalue weighted by molar-refractivity contribution is 7.91. The van der Waals surface area contributed by atoms with E-state index in [4.69, 9.17) is 0 Å². The van der Waals surface area contributed by atoms with Gasteiger partial charge in [-0.05, 0) is 31.7 Å². The van der Waals surface area contributed by atoms with Crippen LogP contribution in [0.25, 0.3) is 0 Å². The first-order valence-electron chi connectivity index (χ1n) is 9.19. The normalized spacial score (nSPS) is 14.9. The van der Waals surface area contributed by atoms with Gasteiger partial charge in [0.25, 0.3) is 0 Å². The minimum atomic E-state index is -3.57. The third kappa shape index (κ3) is 5.09. The minimum absolute atomic E-state index is 0.0879. The Bertz CT molecular complexity index is 893. The maximum absolute atomic E-state index is 12.6. The van der Waals surface area contributed by atoms with Crippen molar-refractivity contribution in [2.45, 2.75) is 31.9 Å². The molecule has 0 spiro atoms. The largest absolute Gasteiger partial charge is 0.361 e. The number of aromatic nitrogens is 2. The SMILES string of the molecule is Cc1cccc(CS(=O)(=O)Nc2cnc(N3CCCCC3)nc2N(C)C)c1. The van der Waals surface area contributed by atoms with E-state index in [0.29, 0.717) is 17.5 Å². The van der Waals surface area contributed by atoms with Crippen LogP contribution in [-0.2, 0) is 15.8 Å². The van der Waals surface area contributed by atoms with E-state index in [-0.39, 0.29) is 5.75 Å². The third-order valence-corrected chi connectivity index (χ3v) is 5.77. The number of sulfonamides is 1. The summed E-state index contributed by atoms with van der Waals surface area (Å²) in [6, 6.07) is 7.50. The zero-order chi connectivity index (χ0) is 19.4. The van der Waals surface area contributed by atoms with Crippen molar-refractivity contribution < 1.29 is 8.42 Å². The van der Waals surface area contributed by atoms with Gasteiger partial charge < -0.3 is 9.80 Å². The van der Waals surface area contributed by atoms with Crippen molar-refractivity contribution in [3.8, 4) is 0 Å². The molecule has 27 heavy (non-hydrogen) atoms. The molecule has 8 heteroatoms. The number of rotatable bonds is 6. The van der Waals surface area contributed by atoms with E-state index < -0.39 is 10.0 Å². The molecule has 1 aromatic carbocycles. The predicted octanol–water partition coefficient (Wildman–Crippen LogP) is 2.78. The summed E-state index contributed by atoms with van der Waals surface area (Å²) in [7, 11) is 0.127. The van der Waals surface area contributed by atoms with Crippen LogP contribution in [0.3, 0.4) is 0 Å². The van der Waals surface area contributed by atoms with E-state index in [1.54, 1.807) is 11.1 Å². The summed E-state index contributed by atoms with van der Waals surface area (Å²) < 4.78 is 27.9. The topological polar surface area (TPSA) is 78.4 Å². The molecule has 0 atom stereocenters. The Morgan fingerprint density at radius 3 is 2.59 bits per heavy atom. The lowest BCUT2D eigenvalue weighted by Gasteiger charge is -2.28. The van der Waals surface area contributed by atoms with Crippen LogP contribution in [0.1, 0.15) is 30.4 Å². The summed E-state index contributed by atoms with van der Waals surface area (Å²) in [4.78, 5) is 13.0. The van der Waals surface area contributed by atoms with Gasteiger partial charge in [0.2, 0.25) is 16.0 Å². The molecule has 1 N–H and O–H groups in total. The summed E-state index contributed by atoms with van der Waals surface area (Å²) in [5, 5.41) is 0. The lowest BCUT2D eigenvalue weighted by atomic mass is 10.1. The quantitative estimate of drug-likeness (QED) is 0.818. The van der Waals surface area contributed by atoms with E-state index in [1.165, 1.54) is 6.42 Å². The number of nitrogens with one attached hydrogen (secondary N) is 1. The number of hydrogen-bond donors (Lipinski definition) is 1. The predicted molar refractivity (Wildman–Crippen MR) is 110 cm³/mol. The van der Waals surface area contributed by atoms with Crippen LogP contribution >= 0.6 is 0 Å². The fourth-order valence-electron chi connectivity index (χ4n) is 3.25. The van der Waals surface area contributed by atoms with Crippen molar-refractivity contribution in [2.75, 3.05) is 41.7 Å². The maximum Gasteiger partial charge on any atom is 0.237 e. The van der Waals surface area contributed by atoms with Crippen molar-refractivity contribution in [3.05, 3.63) is 41.6 Å². The summed E-state index contributed by atoms with van der Waals surface area (Å²) in [6.45, 7) is 3.82. The Hall–Kier alpha value is -2.35. The van der Waals surface area contributed by atoms with E-state index in [2.05, 4.69) is 19.6 Å². The fourth-order valence-corrected chi connectivity index (χ4v) is 4.42. The van der Waals surface area contributed by atoms with Crippen LogP contribution in [0.2, 0.25) is 0 Å². The first-order chi connectivity index (χ1) is 12.8. The number of hydrogen-bond acceptors (Lipinski definition) is 6. The second-order valence-electron chi connectivity index (χ2n) is 7.20. The maximum atomic E-state index is 12.6. The van der Waals surface area contributed by atoms with Crippen molar-refractivity contribution in [1.29, 1.82) is 0 Å². The van der Waals surface area contributed by atoms with Gasteiger partial charge in [-0.1, -0.05) is 29.8 Å². The molecule has 2 aromatic rings. The molecule has 0 bridgehead atoms. The van der Waals surface area contributed by atoms with Gasteiger partial charge in [0.05, 0.1) is 11.9 Å². The molecule has 146 valence electrons. The average Bonchev–Trinajstić information content (AvgIpc) is 2.62. The second-order valence-corrected chi connectivity index (χ2v) is 8.92. The van der Waals surface area contributed by atoms with Crippen molar-refractivity contribution in [2.24, 2.45) is 0 Å². The first kappa shape index (κ1) is 19.4. The molecule has 7 nitrogen and oxygen atoms in total. The van der Waals surface area contributed by atoms with Gasteiger partial charge >= 0.3 is 0 Å². The molecule has 0 amide bonds. The van der Waals surface area contributed by atoms with E-state index in [1.807, 2.05) is 45.3 Å². The first-order valence-corrected chi connectivity index (χ1v) is 10.8. The molecule has 0 aliphatic carbocycles. The number of anilines is 3. The van der Waals surface area contributed by atoms with Gasteiger partial charge in [-0.25, -0.2) is 13.4 Å². The molecule has 3 rings (SSSR count). The van der Waals surface area contributed by atoms with E-state index in [9.17, 15) is 8.42 Å². The summed E-state index contributed by atoms with van der Waals surface area (Å²) in [6.07, 6.45) is 5.06. The molecule has 1 saturated heterocycles.